The first-order chi connectivity index (χ1) is 41.2. The molecule has 458 valence electrons. The number of fused-ring (bicyclic) bond motifs is 2. The zero-order valence-corrected chi connectivity index (χ0v) is 47.3. The summed E-state index contributed by atoms with van der Waals surface area (Å²) in [5.41, 5.74) is 12.2. The number of nitrogens with one attached hydrogen (secondary N) is 2. The maximum absolute atomic E-state index is 15.2. The van der Waals surface area contributed by atoms with Crippen molar-refractivity contribution in [3.63, 3.8) is 0 Å². The standard InChI is InChI=1S/C62H76FN5O17/c1-34-27-40(28-43(70)35(2)41(63)30-65-68-64)51(71)57(54(34)83-58-42(66-61(74)76-32-36-15-7-3-8-16-36)29-48-46(80-58)25-23-44(78-48)38-19-11-5-12-20-38)85-60-53(73)56(49(31-69)82-60)84-59-50(67-62(75)77-33-37-17-9-4-10-18-37)52(72)55-47(81-59)26-24-45(79-55)39-21-13-6-14-22-39/h3-22,34-35,40-42,44-60,69,71-73H,23-33H2,1-2H3,(H,66,74)(H,67,75)/t34-,35-,40-,41+,42?,44?,45?,46+,47-,48-,49+,50+,51-,52+,53+,54+,55+,56+,57+,58+,59+,60-/m0/s1. The largest absolute Gasteiger partial charge is 0.445 e. The van der Waals surface area contributed by atoms with Gasteiger partial charge in [-0.25, -0.2) is 14.0 Å². The molecule has 6 fully saturated rings. The topological polar surface area (TPSA) is 297 Å². The lowest BCUT2D eigenvalue weighted by Crippen LogP contribution is -2.66. The Morgan fingerprint density at radius 2 is 1.20 bits per heavy atom. The molecular formula is C62H76FN5O17. The highest BCUT2D eigenvalue weighted by molar-refractivity contribution is 5.81. The molecule has 4 aromatic carbocycles. The third-order valence-corrected chi connectivity index (χ3v) is 17.2. The average Bonchev–Trinajstić information content (AvgIpc) is 2.53. The molecular weight excluding hydrogens is 1110 g/mol. The van der Waals surface area contributed by atoms with Crippen LogP contribution in [0.25, 0.3) is 10.4 Å². The number of rotatable bonds is 21. The molecule has 5 heterocycles. The second-order valence-corrected chi connectivity index (χ2v) is 23.0. The number of hydrogen-bond acceptors (Lipinski definition) is 18. The van der Waals surface area contributed by atoms with Crippen LogP contribution in [0.4, 0.5) is 14.0 Å². The molecule has 23 heteroatoms. The van der Waals surface area contributed by atoms with Gasteiger partial charge in [0.1, 0.15) is 67.8 Å². The number of azide groups is 1. The van der Waals surface area contributed by atoms with Crippen LogP contribution < -0.4 is 10.6 Å². The van der Waals surface area contributed by atoms with Gasteiger partial charge in [-0.05, 0) is 71.7 Å². The van der Waals surface area contributed by atoms with Crippen molar-refractivity contribution < 1.29 is 86.6 Å². The van der Waals surface area contributed by atoms with Gasteiger partial charge in [0.2, 0.25) is 0 Å². The van der Waals surface area contributed by atoms with E-state index in [9.17, 15) is 34.8 Å². The Balaban J connectivity index is 0.900. The number of alkyl carbamates (subject to hydrolysis) is 2. The molecule has 10 rings (SSSR count). The van der Waals surface area contributed by atoms with E-state index in [4.69, 9.17) is 52.9 Å². The van der Waals surface area contributed by atoms with E-state index in [2.05, 4.69) is 20.7 Å². The van der Waals surface area contributed by atoms with E-state index in [-0.39, 0.29) is 38.6 Å². The fourth-order valence-corrected chi connectivity index (χ4v) is 12.5. The summed E-state index contributed by atoms with van der Waals surface area (Å²) in [5, 5.41) is 56.9. The van der Waals surface area contributed by atoms with Crippen molar-refractivity contribution >= 4 is 18.0 Å². The summed E-state index contributed by atoms with van der Waals surface area (Å²) in [6.45, 7) is 1.76. The molecule has 6 N–H and O–H groups in total. The van der Waals surface area contributed by atoms with Gasteiger partial charge in [-0.2, -0.15) is 0 Å². The monoisotopic (exact) mass is 1180 g/mol. The van der Waals surface area contributed by atoms with Crippen molar-refractivity contribution in [3.8, 4) is 0 Å². The lowest BCUT2D eigenvalue weighted by atomic mass is 9.73. The summed E-state index contributed by atoms with van der Waals surface area (Å²) in [6, 6.07) is 35.2. The van der Waals surface area contributed by atoms with Gasteiger partial charge < -0.3 is 78.4 Å². The number of alkyl halides is 1. The zero-order chi connectivity index (χ0) is 59.6. The Hall–Kier alpha value is -6.15. The minimum atomic E-state index is -1.80. The van der Waals surface area contributed by atoms with Gasteiger partial charge in [0.05, 0.1) is 61.9 Å². The van der Waals surface area contributed by atoms with Crippen LogP contribution in [-0.4, -0.2) is 156 Å². The molecule has 2 amide bonds. The average molecular weight is 1180 g/mol. The third kappa shape index (κ3) is 15.2. The van der Waals surface area contributed by atoms with Gasteiger partial charge >= 0.3 is 12.2 Å². The molecule has 0 spiro atoms. The van der Waals surface area contributed by atoms with Crippen molar-refractivity contribution in [2.45, 2.75) is 188 Å². The summed E-state index contributed by atoms with van der Waals surface area (Å²) >= 11 is 0. The number of benzene rings is 4. The number of Topliss-reactive ketones (excluding diaryl/α,β-unsaturated/α-hetero) is 1. The maximum Gasteiger partial charge on any atom is 0.407 e. The maximum atomic E-state index is 15.2. The number of amides is 2. The first-order valence-corrected chi connectivity index (χ1v) is 29.4. The number of hydrogen-bond donors (Lipinski definition) is 6. The van der Waals surface area contributed by atoms with E-state index >= 15 is 4.39 Å². The predicted octanol–water partition coefficient (Wildman–Crippen LogP) is 7.11. The van der Waals surface area contributed by atoms with Crippen LogP contribution in [0.15, 0.2) is 126 Å². The number of ketones is 1. The van der Waals surface area contributed by atoms with Crippen LogP contribution in [0.1, 0.15) is 93.3 Å². The van der Waals surface area contributed by atoms with Gasteiger partial charge in [-0.3, -0.25) is 4.79 Å². The molecule has 1 saturated carbocycles. The van der Waals surface area contributed by atoms with Crippen LogP contribution in [0.3, 0.4) is 0 Å². The molecule has 22 nitrogen and oxygen atoms in total. The van der Waals surface area contributed by atoms with E-state index < -0.39 is 159 Å². The first-order valence-electron chi connectivity index (χ1n) is 29.4. The number of nitrogens with zero attached hydrogens (tertiary/aromatic N) is 3. The highest BCUT2D eigenvalue weighted by Crippen LogP contribution is 2.44. The number of carbonyl (C=O) groups is 3. The molecule has 0 aromatic heterocycles. The lowest BCUT2D eigenvalue weighted by molar-refractivity contribution is -0.316. The summed E-state index contributed by atoms with van der Waals surface area (Å²) < 4.78 is 79.2. The van der Waals surface area contributed by atoms with Crippen molar-refractivity contribution in [1.29, 1.82) is 0 Å². The van der Waals surface area contributed by atoms with E-state index in [1.807, 2.05) is 104 Å². The van der Waals surface area contributed by atoms with Crippen molar-refractivity contribution in [1.82, 2.24) is 10.6 Å². The summed E-state index contributed by atoms with van der Waals surface area (Å²) in [4.78, 5) is 43.7. The van der Waals surface area contributed by atoms with Gasteiger partial charge in [0, 0.05) is 23.7 Å². The summed E-state index contributed by atoms with van der Waals surface area (Å²) in [7, 11) is 0. The van der Waals surface area contributed by atoms with Crippen molar-refractivity contribution in [2.24, 2.45) is 22.9 Å². The summed E-state index contributed by atoms with van der Waals surface area (Å²) in [6.07, 6.45) is -19.2. The van der Waals surface area contributed by atoms with Gasteiger partial charge in [-0.15, -0.1) is 0 Å². The lowest BCUT2D eigenvalue weighted by Gasteiger charge is -2.49. The molecule has 0 radical (unpaired) electrons. The Labute approximate surface area is 492 Å². The van der Waals surface area contributed by atoms with Crippen molar-refractivity contribution in [2.75, 3.05) is 13.2 Å². The molecule has 1 aliphatic carbocycles. The third-order valence-electron chi connectivity index (χ3n) is 17.2. The van der Waals surface area contributed by atoms with E-state index in [0.29, 0.717) is 31.2 Å². The van der Waals surface area contributed by atoms with E-state index in [1.54, 1.807) is 24.3 Å². The van der Waals surface area contributed by atoms with E-state index in [1.165, 1.54) is 6.92 Å². The van der Waals surface area contributed by atoms with Gasteiger partial charge in [0.15, 0.2) is 18.9 Å². The summed E-state index contributed by atoms with van der Waals surface area (Å²) in [5.74, 6) is -3.19. The fraction of sp³-hybridized carbons (Fsp3) is 0.565. The number of ether oxygens (including phenoxy) is 10. The van der Waals surface area contributed by atoms with Crippen LogP contribution in [0.2, 0.25) is 0 Å². The fourth-order valence-electron chi connectivity index (χ4n) is 12.5. The minimum absolute atomic E-state index is 0.0283. The Bertz CT molecular complexity index is 2830. The molecule has 0 bridgehead atoms. The van der Waals surface area contributed by atoms with Gasteiger partial charge in [-0.1, -0.05) is 140 Å². The Kier molecular flexibility index (Phi) is 21.1. The van der Waals surface area contributed by atoms with Crippen LogP contribution in [0.5, 0.6) is 0 Å². The van der Waals surface area contributed by atoms with Crippen LogP contribution in [-0.2, 0) is 65.4 Å². The van der Waals surface area contributed by atoms with E-state index in [0.717, 1.165) is 16.7 Å². The second kappa shape index (κ2) is 29.0. The predicted molar refractivity (Wildman–Crippen MR) is 299 cm³/mol. The molecule has 3 unspecified atom stereocenters. The molecule has 85 heavy (non-hydrogen) atoms. The zero-order valence-electron chi connectivity index (χ0n) is 47.3. The number of carbonyl (C=O) groups excluding carboxylic acids is 3. The van der Waals surface area contributed by atoms with Crippen LogP contribution in [0, 0.1) is 17.8 Å². The van der Waals surface area contributed by atoms with Gasteiger partial charge in [0.25, 0.3) is 0 Å². The Morgan fingerprint density at radius 1 is 0.647 bits per heavy atom. The quantitative estimate of drug-likeness (QED) is 0.0275. The minimum Gasteiger partial charge on any atom is -0.445 e. The van der Waals surface area contributed by atoms with Crippen molar-refractivity contribution in [3.05, 3.63) is 154 Å². The second-order valence-electron chi connectivity index (χ2n) is 23.0. The SMILES string of the molecule is C[C@H](C(=O)C[C@@H]1C[C@H](C)[C@@H](O[C@H]2O[C@@H]3CCC(c4ccccc4)O[C@H]3CC2NC(=O)OCc2ccccc2)[C@H](O[C@@H]2O[C@H](CO)[C@@H](O[C@H]3O[C@H]4CCC(c5ccccc5)O[C@H]4[C@H](O)[C@H]3NC(=O)OCc3ccccc3)[C@H]2O)[C@H]1O)[C@H](F)CN=[N+]=[N-]. The smallest absolute Gasteiger partial charge is 0.407 e. The normalized spacial score (nSPS) is 35.1. The highest BCUT2D eigenvalue weighted by atomic mass is 19.1. The number of halogens is 1. The first kappa shape index (κ1) is 61.9. The molecule has 4 aromatic rings. The molecule has 5 saturated heterocycles. The van der Waals surface area contributed by atoms with Crippen LogP contribution >= 0.6 is 0 Å². The molecule has 5 aliphatic heterocycles. The molecule has 22 atom stereocenters. The Morgan fingerprint density at radius 3 is 1.81 bits per heavy atom. The molecule has 6 aliphatic rings. The highest BCUT2D eigenvalue weighted by Gasteiger charge is 2.56. The number of aliphatic hydroxyl groups is 4. The number of aliphatic hydroxyl groups excluding tert-OH is 4.